The zero-order chi connectivity index (χ0) is 18.1. The number of pyridine rings is 2. The highest BCUT2D eigenvalue weighted by Crippen LogP contribution is 2.30. The maximum Gasteiger partial charge on any atom is 0.159 e. The molecule has 4 aromatic heterocycles. The summed E-state index contributed by atoms with van der Waals surface area (Å²) < 4.78 is 1.84. The van der Waals surface area contributed by atoms with Gasteiger partial charge in [-0.15, -0.1) is 0 Å². The maximum absolute atomic E-state index is 4.53. The lowest BCUT2D eigenvalue weighted by Gasteiger charge is -2.15. The summed E-state index contributed by atoms with van der Waals surface area (Å²) in [6.07, 6.45) is 12.4. The van der Waals surface area contributed by atoms with Crippen molar-refractivity contribution in [1.29, 1.82) is 0 Å². The van der Waals surface area contributed by atoms with Crippen LogP contribution in [0.25, 0.3) is 16.9 Å². The topological polar surface area (TPSA) is 59.2 Å². The van der Waals surface area contributed by atoms with Crippen molar-refractivity contribution in [1.82, 2.24) is 29.5 Å². The van der Waals surface area contributed by atoms with E-state index in [9.17, 15) is 0 Å². The molecule has 0 aliphatic carbocycles. The zero-order valence-electron chi connectivity index (χ0n) is 14.9. The molecule has 1 atom stereocenters. The highest BCUT2D eigenvalue weighted by molar-refractivity contribution is 5.59. The fourth-order valence-electron chi connectivity index (χ4n) is 3.86. The standard InChI is InChI=1S/C21H20N6/c1-6-24-21-19(13-25-27(21)10-1)15-26-11-5-18(14-26)17-4-9-23-20(12-17)16-2-7-22-8-3-16/h1-4,6-10,12-13,18H,5,11,14-15H2/t18-/m1/s1. The number of nitrogens with zero attached hydrogens (tertiary/aromatic N) is 6. The molecule has 0 N–H and O–H groups in total. The van der Waals surface area contributed by atoms with E-state index in [-0.39, 0.29) is 0 Å². The number of hydrogen-bond acceptors (Lipinski definition) is 5. The fraction of sp³-hybridized carbons (Fsp3) is 0.238. The summed E-state index contributed by atoms with van der Waals surface area (Å²) in [5, 5.41) is 4.40. The van der Waals surface area contributed by atoms with Crippen LogP contribution in [0.5, 0.6) is 0 Å². The van der Waals surface area contributed by atoms with Gasteiger partial charge in [-0.25, -0.2) is 9.50 Å². The molecule has 0 aromatic carbocycles. The third-order valence-electron chi connectivity index (χ3n) is 5.25. The van der Waals surface area contributed by atoms with Gasteiger partial charge in [0.25, 0.3) is 0 Å². The first-order chi connectivity index (χ1) is 13.4. The highest BCUT2D eigenvalue weighted by Gasteiger charge is 2.25. The highest BCUT2D eigenvalue weighted by atomic mass is 15.2. The molecule has 0 bridgehead atoms. The maximum atomic E-state index is 4.53. The lowest BCUT2D eigenvalue weighted by molar-refractivity contribution is 0.328. The Morgan fingerprint density at radius 2 is 1.96 bits per heavy atom. The summed E-state index contributed by atoms with van der Waals surface area (Å²) in [7, 11) is 0. The van der Waals surface area contributed by atoms with Gasteiger partial charge in [-0.05, 0) is 54.8 Å². The molecule has 6 heteroatoms. The normalized spacial score (nSPS) is 17.6. The predicted octanol–water partition coefficient (Wildman–Crippen LogP) is 3.18. The van der Waals surface area contributed by atoms with Crippen molar-refractivity contribution in [3.63, 3.8) is 0 Å². The largest absolute Gasteiger partial charge is 0.298 e. The molecule has 0 radical (unpaired) electrons. The molecule has 1 aliphatic rings. The van der Waals surface area contributed by atoms with E-state index < -0.39 is 0 Å². The van der Waals surface area contributed by atoms with Gasteiger partial charge < -0.3 is 0 Å². The van der Waals surface area contributed by atoms with Gasteiger partial charge in [0.05, 0.1) is 11.9 Å². The van der Waals surface area contributed by atoms with Crippen LogP contribution in [0.3, 0.4) is 0 Å². The van der Waals surface area contributed by atoms with Crippen LogP contribution in [-0.4, -0.2) is 42.6 Å². The Morgan fingerprint density at radius 3 is 2.89 bits per heavy atom. The molecule has 27 heavy (non-hydrogen) atoms. The minimum Gasteiger partial charge on any atom is -0.298 e. The van der Waals surface area contributed by atoms with E-state index in [0.717, 1.165) is 43.0 Å². The van der Waals surface area contributed by atoms with Crippen LogP contribution >= 0.6 is 0 Å². The second-order valence-corrected chi connectivity index (χ2v) is 6.99. The summed E-state index contributed by atoms with van der Waals surface area (Å²) in [6, 6.07) is 10.3. The third-order valence-corrected chi connectivity index (χ3v) is 5.25. The van der Waals surface area contributed by atoms with Crippen molar-refractivity contribution in [3.05, 3.63) is 78.6 Å². The van der Waals surface area contributed by atoms with E-state index in [2.05, 4.69) is 37.1 Å². The van der Waals surface area contributed by atoms with Crippen molar-refractivity contribution in [2.45, 2.75) is 18.9 Å². The Hall–Kier alpha value is -3.12. The minimum atomic E-state index is 0.531. The van der Waals surface area contributed by atoms with Crippen LogP contribution < -0.4 is 0 Å². The van der Waals surface area contributed by atoms with Crippen LogP contribution in [0, 0.1) is 0 Å². The Kier molecular flexibility index (Phi) is 4.10. The van der Waals surface area contributed by atoms with Crippen molar-refractivity contribution < 1.29 is 0 Å². The first-order valence-electron chi connectivity index (χ1n) is 9.23. The number of hydrogen-bond donors (Lipinski definition) is 0. The van der Waals surface area contributed by atoms with Gasteiger partial charge in [-0.3, -0.25) is 14.9 Å². The smallest absolute Gasteiger partial charge is 0.159 e. The van der Waals surface area contributed by atoms with Crippen LogP contribution in [0.2, 0.25) is 0 Å². The second kappa shape index (κ2) is 6.89. The average molecular weight is 356 g/mol. The van der Waals surface area contributed by atoms with Crippen molar-refractivity contribution in [3.8, 4) is 11.3 Å². The molecular formula is C21H20N6. The van der Waals surface area contributed by atoms with E-state index in [1.165, 1.54) is 11.1 Å². The molecule has 0 spiro atoms. The molecule has 5 rings (SSSR count). The van der Waals surface area contributed by atoms with E-state index in [1.807, 2.05) is 59.9 Å². The van der Waals surface area contributed by atoms with Crippen LogP contribution in [0.15, 0.2) is 67.5 Å². The SMILES string of the molecule is c1cnc2c(CN3CC[C@@H](c4ccnc(-c5ccncc5)c4)C3)cnn2c1. The van der Waals surface area contributed by atoms with Crippen LogP contribution in [0.4, 0.5) is 0 Å². The van der Waals surface area contributed by atoms with Gasteiger partial charge in [0.2, 0.25) is 0 Å². The molecule has 6 nitrogen and oxygen atoms in total. The van der Waals surface area contributed by atoms with Gasteiger partial charge in [-0.2, -0.15) is 5.10 Å². The monoisotopic (exact) mass is 356 g/mol. The Bertz CT molecular complexity index is 1060. The number of likely N-dealkylation sites (tertiary alicyclic amines) is 1. The summed E-state index contributed by atoms with van der Waals surface area (Å²) in [5.74, 6) is 0.531. The lowest BCUT2D eigenvalue weighted by Crippen LogP contribution is -2.19. The molecule has 4 aromatic rings. The second-order valence-electron chi connectivity index (χ2n) is 6.99. The molecule has 134 valence electrons. The average Bonchev–Trinajstić information content (AvgIpc) is 3.37. The Labute approximate surface area is 157 Å². The summed E-state index contributed by atoms with van der Waals surface area (Å²) in [6.45, 7) is 3.02. The molecular weight excluding hydrogens is 336 g/mol. The quantitative estimate of drug-likeness (QED) is 0.562. The summed E-state index contributed by atoms with van der Waals surface area (Å²) >= 11 is 0. The van der Waals surface area contributed by atoms with Crippen molar-refractivity contribution >= 4 is 5.65 Å². The van der Waals surface area contributed by atoms with Crippen molar-refractivity contribution in [2.75, 3.05) is 13.1 Å². The molecule has 0 unspecified atom stereocenters. The molecule has 1 aliphatic heterocycles. The van der Waals surface area contributed by atoms with Gasteiger partial charge in [0.1, 0.15) is 0 Å². The van der Waals surface area contributed by atoms with E-state index >= 15 is 0 Å². The lowest BCUT2D eigenvalue weighted by atomic mass is 9.97. The third kappa shape index (κ3) is 3.19. The summed E-state index contributed by atoms with van der Waals surface area (Å²) in [4.78, 5) is 15.6. The molecule has 0 amide bonds. The molecule has 5 heterocycles. The Morgan fingerprint density at radius 1 is 1.04 bits per heavy atom. The van der Waals surface area contributed by atoms with Crippen LogP contribution in [-0.2, 0) is 6.54 Å². The van der Waals surface area contributed by atoms with Crippen LogP contribution in [0.1, 0.15) is 23.5 Å². The number of fused-ring (bicyclic) bond motifs is 1. The van der Waals surface area contributed by atoms with Gasteiger partial charge in [-0.1, -0.05) is 0 Å². The number of rotatable bonds is 4. The first kappa shape index (κ1) is 16.1. The van der Waals surface area contributed by atoms with E-state index in [4.69, 9.17) is 0 Å². The first-order valence-corrected chi connectivity index (χ1v) is 9.23. The van der Waals surface area contributed by atoms with E-state index in [0.29, 0.717) is 5.92 Å². The van der Waals surface area contributed by atoms with Crippen molar-refractivity contribution in [2.24, 2.45) is 0 Å². The molecule has 1 saturated heterocycles. The molecule has 1 fully saturated rings. The molecule has 0 saturated carbocycles. The van der Waals surface area contributed by atoms with Gasteiger partial charge in [0, 0.05) is 55.2 Å². The van der Waals surface area contributed by atoms with Gasteiger partial charge >= 0.3 is 0 Å². The fourth-order valence-corrected chi connectivity index (χ4v) is 3.86. The Balaban J connectivity index is 1.32. The minimum absolute atomic E-state index is 0.531. The van der Waals surface area contributed by atoms with E-state index in [1.54, 1.807) is 0 Å². The number of aromatic nitrogens is 5. The summed E-state index contributed by atoms with van der Waals surface area (Å²) in [5.41, 5.74) is 5.62. The van der Waals surface area contributed by atoms with Gasteiger partial charge in [0.15, 0.2) is 5.65 Å². The zero-order valence-corrected chi connectivity index (χ0v) is 14.9. The predicted molar refractivity (Wildman–Crippen MR) is 103 cm³/mol.